The zero-order valence-electron chi connectivity index (χ0n) is 9.63. The molecule has 1 atom stereocenters. The van der Waals surface area contributed by atoms with Gasteiger partial charge in [-0.25, -0.2) is 4.79 Å². The summed E-state index contributed by atoms with van der Waals surface area (Å²) >= 11 is 0. The third-order valence-corrected chi connectivity index (χ3v) is 3.73. The van der Waals surface area contributed by atoms with Crippen molar-refractivity contribution in [2.24, 2.45) is 0 Å². The van der Waals surface area contributed by atoms with Gasteiger partial charge in [-0.2, -0.15) is 0 Å². The summed E-state index contributed by atoms with van der Waals surface area (Å²) in [5.74, 6) is -0.608. The summed E-state index contributed by atoms with van der Waals surface area (Å²) in [7, 11) is -0.846. The second-order valence-corrected chi connectivity index (χ2v) is 5.51. The molecule has 0 rings (SSSR count). The Balaban J connectivity index is 4.09. The van der Waals surface area contributed by atoms with E-state index in [1.807, 2.05) is 0 Å². The van der Waals surface area contributed by atoms with Crippen molar-refractivity contribution in [3.63, 3.8) is 0 Å². The van der Waals surface area contributed by atoms with Crippen molar-refractivity contribution in [2.75, 3.05) is 27.0 Å². The lowest BCUT2D eigenvalue weighted by molar-refractivity contribution is -0.141. The third kappa shape index (κ3) is 5.42. The van der Waals surface area contributed by atoms with Gasteiger partial charge in [-0.15, -0.1) is 0 Å². The zero-order chi connectivity index (χ0) is 12.8. The SMILES string of the molecule is C=C(C)C(=O)OCC(O)CP(=O)(OC)OC. The standard InChI is InChI=1S/C9H17O6P/c1-7(2)9(11)15-5-8(10)6-16(12,13-3)14-4/h8,10H,1,5-6H2,2-4H3. The van der Waals surface area contributed by atoms with E-state index < -0.39 is 19.7 Å². The average Bonchev–Trinajstić information content (AvgIpc) is 2.25. The van der Waals surface area contributed by atoms with Gasteiger partial charge in [-0.1, -0.05) is 6.58 Å². The summed E-state index contributed by atoms with van der Waals surface area (Å²) in [4.78, 5) is 11.0. The van der Waals surface area contributed by atoms with E-state index in [0.717, 1.165) is 0 Å². The lowest BCUT2D eigenvalue weighted by atomic mass is 10.3. The molecule has 0 saturated heterocycles. The molecule has 0 fully saturated rings. The maximum absolute atomic E-state index is 11.6. The molecule has 1 unspecified atom stereocenters. The van der Waals surface area contributed by atoms with Gasteiger partial charge in [-0.3, -0.25) is 4.57 Å². The van der Waals surface area contributed by atoms with Crippen LogP contribution in [0, 0.1) is 0 Å². The minimum absolute atomic E-state index is 0.230. The highest BCUT2D eigenvalue weighted by Crippen LogP contribution is 2.46. The van der Waals surface area contributed by atoms with Crippen LogP contribution < -0.4 is 0 Å². The van der Waals surface area contributed by atoms with Crippen LogP contribution in [0.2, 0.25) is 0 Å². The van der Waals surface area contributed by atoms with Gasteiger partial charge in [0.2, 0.25) is 0 Å². The molecule has 0 aromatic heterocycles. The second kappa shape index (κ2) is 6.81. The number of hydrogen-bond donors (Lipinski definition) is 1. The van der Waals surface area contributed by atoms with Gasteiger partial charge in [0.1, 0.15) is 6.61 Å². The molecule has 0 aliphatic rings. The van der Waals surface area contributed by atoms with Crippen LogP contribution in [0.1, 0.15) is 6.92 Å². The van der Waals surface area contributed by atoms with Crippen LogP contribution >= 0.6 is 7.60 Å². The molecule has 0 aromatic rings. The molecule has 0 spiro atoms. The largest absolute Gasteiger partial charge is 0.460 e. The van der Waals surface area contributed by atoms with Crippen molar-refractivity contribution in [1.82, 2.24) is 0 Å². The van der Waals surface area contributed by atoms with Crippen LogP contribution in [-0.4, -0.2) is 44.2 Å². The van der Waals surface area contributed by atoms with E-state index in [2.05, 4.69) is 20.4 Å². The Morgan fingerprint density at radius 2 is 1.94 bits per heavy atom. The molecule has 0 aliphatic heterocycles. The quantitative estimate of drug-likeness (QED) is 0.412. The van der Waals surface area contributed by atoms with Gasteiger partial charge in [0.25, 0.3) is 0 Å². The molecule has 1 N–H and O–H groups in total. The Morgan fingerprint density at radius 3 is 2.31 bits per heavy atom. The van der Waals surface area contributed by atoms with Gasteiger partial charge in [0.05, 0.1) is 12.3 Å². The van der Waals surface area contributed by atoms with Crippen molar-refractivity contribution >= 4 is 13.6 Å². The first-order valence-corrected chi connectivity index (χ1v) is 6.28. The van der Waals surface area contributed by atoms with E-state index in [0.29, 0.717) is 0 Å². The predicted molar refractivity (Wildman–Crippen MR) is 58.3 cm³/mol. The summed E-state index contributed by atoms with van der Waals surface area (Å²) in [6.45, 7) is 4.59. The average molecular weight is 252 g/mol. The summed E-state index contributed by atoms with van der Waals surface area (Å²) in [5.41, 5.74) is 0.230. The zero-order valence-corrected chi connectivity index (χ0v) is 10.5. The Morgan fingerprint density at radius 1 is 1.44 bits per heavy atom. The predicted octanol–water partition coefficient (Wildman–Crippen LogP) is 0.952. The van der Waals surface area contributed by atoms with Gasteiger partial charge in [-0.05, 0) is 6.92 Å². The summed E-state index contributed by atoms with van der Waals surface area (Å²) < 4.78 is 25.5. The van der Waals surface area contributed by atoms with Gasteiger partial charge < -0.3 is 18.9 Å². The normalized spacial score (nSPS) is 13.2. The summed E-state index contributed by atoms with van der Waals surface area (Å²) in [6, 6.07) is 0. The van der Waals surface area contributed by atoms with Gasteiger partial charge in [0.15, 0.2) is 0 Å². The Hall–Kier alpha value is -0.680. The van der Waals surface area contributed by atoms with E-state index in [4.69, 9.17) is 0 Å². The fraction of sp³-hybridized carbons (Fsp3) is 0.667. The van der Waals surface area contributed by atoms with Crippen molar-refractivity contribution in [1.29, 1.82) is 0 Å². The van der Waals surface area contributed by atoms with Gasteiger partial charge in [0, 0.05) is 19.8 Å². The molecule has 0 aliphatic carbocycles. The van der Waals surface area contributed by atoms with Crippen molar-refractivity contribution in [3.8, 4) is 0 Å². The number of ether oxygens (including phenoxy) is 1. The smallest absolute Gasteiger partial charge is 0.333 e. The molecule has 0 bridgehead atoms. The molecule has 94 valence electrons. The van der Waals surface area contributed by atoms with Gasteiger partial charge >= 0.3 is 13.6 Å². The third-order valence-electron chi connectivity index (χ3n) is 1.75. The molecular weight excluding hydrogens is 235 g/mol. The molecule has 0 aromatic carbocycles. The van der Waals surface area contributed by atoms with Crippen molar-refractivity contribution in [3.05, 3.63) is 12.2 Å². The van der Waals surface area contributed by atoms with Crippen molar-refractivity contribution in [2.45, 2.75) is 13.0 Å². The number of carbonyl (C=O) groups is 1. The second-order valence-electron chi connectivity index (χ2n) is 3.19. The molecule has 0 amide bonds. The van der Waals surface area contributed by atoms with E-state index in [1.165, 1.54) is 21.1 Å². The topological polar surface area (TPSA) is 82.1 Å². The number of aliphatic hydroxyl groups excluding tert-OH is 1. The highest BCUT2D eigenvalue weighted by molar-refractivity contribution is 7.53. The molecular formula is C9H17O6P. The lowest BCUT2D eigenvalue weighted by Crippen LogP contribution is -2.23. The minimum Gasteiger partial charge on any atom is -0.460 e. The van der Waals surface area contributed by atoms with E-state index in [9.17, 15) is 14.5 Å². The number of rotatable bonds is 7. The number of aliphatic hydroxyl groups is 1. The first-order valence-electron chi connectivity index (χ1n) is 4.56. The van der Waals surface area contributed by atoms with Crippen molar-refractivity contribution < 1.29 is 28.3 Å². The molecule has 16 heavy (non-hydrogen) atoms. The van der Waals surface area contributed by atoms with Crippen LogP contribution in [0.15, 0.2) is 12.2 Å². The molecule has 0 radical (unpaired) electrons. The number of esters is 1. The fourth-order valence-corrected chi connectivity index (χ4v) is 1.90. The monoisotopic (exact) mass is 252 g/mol. The first-order chi connectivity index (χ1) is 7.34. The summed E-state index contributed by atoms with van der Waals surface area (Å²) in [6.07, 6.45) is -1.34. The first kappa shape index (κ1) is 15.3. The van der Waals surface area contributed by atoms with Crippen LogP contribution in [-0.2, 0) is 23.1 Å². The molecule has 6 nitrogen and oxygen atoms in total. The Labute approximate surface area is 94.7 Å². The molecule has 0 heterocycles. The van der Waals surface area contributed by atoms with Crippen LogP contribution in [0.4, 0.5) is 0 Å². The molecule has 0 saturated carbocycles. The highest BCUT2D eigenvalue weighted by Gasteiger charge is 2.26. The summed E-state index contributed by atoms with van der Waals surface area (Å²) in [5, 5.41) is 9.44. The Bertz CT molecular complexity index is 292. The highest BCUT2D eigenvalue weighted by atomic mass is 31.2. The Kier molecular flexibility index (Phi) is 6.52. The van der Waals surface area contributed by atoms with Crippen LogP contribution in [0.3, 0.4) is 0 Å². The molecule has 7 heteroatoms. The van der Waals surface area contributed by atoms with Crippen LogP contribution in [0.5, 0.6) is 0 Å². The van der Waals surface area contributed by atoms with E-state index in [1.54, 1.807) is 0 Å². The minimum atomic E-state index is -3.28. The lowest BCUT2D eigenvalue weighted by Gasteiger charge is -2.17. The fourth-order valence-electron chi connectivity index (χ4n) is 0.830. The van der Waals surface area contributed by atoms with Crippen LogP contribution in [0.25, 0.3) is 0 Å². The van der Waals surface area contributed by atoms with E-state index in [-0.39, 0.29) is 18.3 Å². The van der Waals surface area contributed by atoms with E-state index >= 15 is 0 Å². The number of hydrogen-bond acceptors (Lipinski definition) is 6. The maximum Gasteiger partial charge on any atom is 0.333 e. The maximum atomic E-state index is 11.6. The number of carbonyl (C=O) groups excluding carboxylic acids is 1.